The Hall–Kier alpha value is -0.0800. The van der Waals surface area contributed by atoms with Crippen LogP contribution in [0.4, 0.5) is 0 Å². The predicted octanol–water partition coefficient (Wildman–Crippen LogP) is 3.67. The van der Waals surface area contributed by atoms with Gasteiger partial charge in [0, 0.05) is 13.1 Å². The van der Waals surface area contributed by atoms with Crippen LogP contribution in [-0.4, -0.2) is 38.1 Å². The van der Waals surface area contributed by atoms with Gasteiger partial charge in [0.05, 0.1) is 0 Å². The third-order valence-electron chi connectivity index (χ3n) is 3.30. The van der Waals surface area contributed by atoms with E-state index in [1.54, 1.807) is 0 Å². The van der Waals surface area contributed by atoms with E-state index in [1.165, 1.54) is 71.0 Å². The quantitative estimate of drug-likeness (QED) is 0.496. The van der Waals surface area contributed by atoms with E-state index in [0.29, 0.717) is 0 Å². The molecule has 0 saturated carbocycles. The number of likely N-dealkylation sites (N-methyl/N-ethyl adjacent to an activating group) is 1. The van der Waals surface area contributed by atoms with Crippen LogP contribution in [0.5, 0.6) is 0 Å². The van der Waals surface area contributed by atoms with Gasteiger partial charge in [-0.05, 0) is 33.0 Å². The molecular weight excluding hydrogens is 208 g/mol. The SMILES string of the molecule is CCCCCCCCCN(CCC)CCNC. The molecule has 0 aromatic rings. The standard InChI is InChI=1S/C15H34N2/c1-4-6-7-8-9-10-11-14-17(13-5-2)15-12-16-3/h16H,4-15H2,1-3H3. The minimum Gasteiger partial charge on any atom is -0.318 e. The van der Waals surface area contributed by atoms with Crippen molar-refractivity contribution in [1.82, 2.24) is 10.2 Å². The first-order valence-corrected chi connectivity index (χ1v) is 7.72. The van der Waals surface area contributed by atoms with Gasteiger partial charge in [-0.15, -0.1) is 0 Å². The fourth-order valence-electron chi connectivity index (χ4n) is 2.21. The first-order chi connectivity index (χ1) is 8.35. The molecule has 0 amide bonds. The molecule has 0 aliphatic carbocycles. The zero-order valence-electron chi connectivity index (χ0n) is 12.4. The summed E-state index contributed by atoms with van der Waals surface area (Å²) in [7, 11) is 2.04. The summed E-state index contributed by atoms with van der Waals surface area (Å²) in [5.41, 5.74) is 0. The average Bonchev–Trinajstić information content (AvgIpc) is 2.34. The second-order valence-corrected chi connectivity index (χ2v) is 5.07. The third-order valence-corrected chi connectivity index (χ3v) is 3.30. The highest BCUT2D eigenvalue weighted by Crippen LogP contribution is 2.07. The van der Waals surface area contributed by atoms with Crippen molar-refractivity contribution in [2.24, 2.45) is 0 Å². The number of hydrogen-bond donors (Lipinski definition) is 1. The highest BCUT2D eigenvalue weighted by atomic mass is 15.1. The molecule has 0 aromatic carbocycles. The van der Waals surface area contributed by atoms with E-state index in [4.69, 9.17) is 0 Å². The molecule has 0 bridgehead atoms. The number of rotatable bonds is 13. The third kappa shape index (κ3) is 12.2. The van der Waals surface area contributed by atoms with Crippen LogP contribution in [0.3, 0.4) is 0 Å². The van der Waals surface area contributed by atoms with Crippen molar-refractivity contribution in [3.8, 4) is 0 Å². The summed E-state index contributed by atoms with van der Waals surface area (Å²) in [5.74, 6) is 0. The molecule has 2 heteroatoms. The van der Waals surface area contributed by atoms with Crippen molar-refractivity contribution < 1.29 is 0 Å². The zero-order valence-corrected chi connectivity index (χ0v) is 12.4. The van der Waals surface area contributed by atoms with E-state index in [0.717, 1.165) is 6.54 Å². The molecule has 0 aliphatic rings. The molecule has 0 heterocycles. The van der Waals surface area contributed by atoms with Gasteiger partial charge in [-0.2, -0.15) is 0 Å². The molecule has 17 heavy (non-hydrogen) atoms. The van der Waals surface area contributed by atoms with E-state index in [1.807, 2.05) is 7.05 Å². The molecular formula is C15H34N2. The monoisotopic (exact) mass is 242 g/mol. The predicted molar refractivity (Wildman–Crippen MR) is 78.7 cm³/mol. The molecule has 0 aromatic heterocycles. The lowest BCUT2D eigenvalue weighted by molar-refractivity contribution is 0.269. The molecule has 1 N–H and O–H groups in total. The first-order valence-electron chi connectivity index (χ1n) is 7.72. The summed E-state index contributed by atoms with van der Waals surface area (Å²) in [5, 5.41) is 3.24. The second kappa shape index (κ2) is 14.0. The summed E-state index contributed by atoms with van der Waals surface area (Å²) >= 11 is 0. The summed E-state index contributed by atoms with van der Waals surface area (Å²) in [4.78, 5) is 2.60. The maximum Gasteiger partial charge on any atom is 0.0107 e. The van der Waals surface area contributed by atoms with E-state index in [2.05, 4.69) is 24.1 Å². The van der Waals surface area contributed by atoms with Crippen molar-refractivity contribution in [2.45, 2.75) is 65.2 Å². The average molecular weight is 242 g/mol. The normalized spacial score (nSPS) is 11.3. The number of unbranched alkanes of at least 4 members (excludes halogenated alkanes) is 6. The van der Waals surface area contributed by atoms with Crippen LogP contribution in [0.25, 0.3) is 0 Å². The molecule has 0 fully saturated rings. The molecule has 0 rings (SSSR count). The largest absolute Gasteiger partial charge is 0.318 e. The van der Waals surface area contributed by atoms with Gasteiger partial charge in [0.15, 0.2) is 0 Å². The number of nitrogens with zero attached hydrogens (tertiary/aromatic N) is 1. The Labute approximate surface area is 109 Å². The van der Waals surface area contributed by atoms with E-state index in [9.17, 15) is 0 Å². The first kappa shape index (κ1) is 16.9. The Balaban J connectivity index is 3.34. The molecule has 0 saturated heterocycles. The van der Waals surface area contributed by atoms with E-state index in [-0.39, 0.29) is 0 Å². The van der Waals surface area contributed by atoms with Gasteiger partial charge in [-0.3, -0.25) is 0 Å². The topological polar surface area (TPSA) is 15.3 Å². The lowest BCUT2D eigenvalue weighted by atomic mass is 10.1. The summed E-state index contributed by atoms with van der Waals surface area (Å²) in [6, 6.07) is 0. The molecule has 0 spiro atoms. The fourth-order valence-corrected chi connectivity index (χ4v) is 2.21. The van der Waals surface area contributed by atoms with Gasteiger partial charge in [0.25, 0.3) is 0 Å². The highest BCUT2D eigenvalue weighted by molar-refractivity contribution is 4.58. The zero-order chi connectivity index (χ0) is 12.8. The molecule has 0 aliphatic heterocycles. The van der Waals surface area contributed by atoms with Crippen LogP contribution in [-0.2, 0) is 0 Å². The van der Waals surface area contributed by atoms with Gasteiger partial charge in [0.1, 0.15) is 0 Å². The Morgan fingerprint density at radius 3 is 1.94 bits per heavy atom. The summed E-state index contributed by atoms with van der Waals surface area (Å²) < 4.78 is 0. The summed E-state index contributed by atoms with van der Waals surface area (Å²) in [6.07, 6.45) is 11.2. The van der Waals surface area contributed by atoms with Gasteiger partial charge >= 0.3 is 0 Å². The van der Waals surface area contributed by atoms with Crippen LogP contribution >= 0.6 is 0 Å². The van der Waals surface area contributed by atoms with E-state index >= 15 is 0 Å². The smallest absolute Gasteiger partial charge is 0.0107 e. The van der Waals surface area contributed by atoms with Crippen molar-refractivity contribution in [2.75, 3.05) is 33.2 Å². The number of nitrogens with one attached hydrogen (secondary N) is 1. The lowest BCUT2D eigenvalue weighted by Crippen LogP contribution is -2.32. The highest BCUT2D eigenvalue weighted by Gasteiger charge is 2.02. The van der Waals surface area contributed by atoms with Crippen LogP contribution in [0, 0.1) is 0 Å². The maximum absolute atomic E-state index is 3.24. The second-order valence-electron chi connectivity index (χ2n) is 5.07. The fraction of sp³-hybridized carbons (Fsp3) is 1.00. The van der Waals surface area contributed by atoms with Crippen LogP contribution in [0.15, 0.2) is 0 Å². The molecule has 2 nitrogen and oxygen atoms in total. The molecule has 0 unspecified atom stereocenters. The molecule has 0 radical (unpaired) electrons. The van der Waals surface area contributed by atoms with Gasteiger partial charge < -0.3 is 10.2 Å². The summed E-state index contributed by atoms with van der Waals surface area (Å²) in [6.45, 7) is 9.44. The minimum absolute atomic E-state index is 1.12. The minimum atomic E-state index is 1.12. The number of hydrogen-bond acceptors (Lipinski definition) is 2. The van der Waals surface area contributed by atoms with Crippen molar-refractivity contribution in [3.63, 3.8) is 0 Å². The van der Waals surface area contributed by atoms with Gasteiger partial charge in [-0.25, -0.2) is 0 Å². The Kier molecular flexibility index (Phi) is 13.9. The molecule has 104 valence electrons. The van der Waals surface area contributed by atoms with Crippen LogP contribution in [0.2, 0.25) is 0 Å². The van der Waals surface area contributed by atoms with Gasteiger partial charge in [-0.1, -0.05) is 52.4 Å². The lowest BCUT2D eigenvalue weighted by Gasteiger charge is -2.21. The van der Waals surface area contributed by atoms with Crippen molar-refractivity contribution in [1.29, 1.82) is 0 Å². The maximum atomic E-state index is 3.24. The van der Waals surface area contributed by atoms with Crippen molar-refractivity contribution >= 4 is 0 Å². The van der Waals surface area contributed by atoms with E-state index < -0.39 is 0 Å². The Morgan fingerprint density at radius 1 is 0.706 bits per heavy atom. The van der Waals surface area contributed by atoms with Crippen molar-refractivity contribution in [3.05, 3.63) is 0 Å². The Bertz CT molecular complexity index is 137. The van der Waals surface area contributed by atoms with Crippen LogP contribution < -0.4 is 5.32 Å². The molecule has 0 atom stereocenters. The van der Waals surface area contributed by atoms with Gasteiger partial charge in [0.2, 0.25) is 0 Å². The van der Waals surface area contributed by atoms with Crippen LogP contribution in [0.1, 0.15) is 65.2 Å². The Morgan fingerprint density at radius 2 is 1.35 bits per heavy atom.